The molecule has 2 N–H and O–H groups in total. The van der Waals surface area contributed by atoms with Crippen LogP contribution in [0.4, 0.5) is 0 Å². The molecule has 102 valence electrons. The van der Waals surface area contributed by atoms with E-state index in [9.17, 15) is 13.5 Å². The lowest BCUT2D eigenvalue weighted by Crippen LogP contribution is -2.28. The molecular weight excluding hydrogens is 256 g/mol. The van der Waals surface area contributed by atoms with Crippen molar-refractivity contribution in [2.45, 2.75) is 26.5 Å². The molecule has 0 aromatic carbocycles. The lowest BCUT2D eigenvalue weighted by molar-refractivity contribution is 0.0911. The first-order chi connectivity index (χ1) is 8.41. The van der Waals surface area contributed by atoms with Crippen LogP contribution >= 0.6 is 0 Å². The zero-order valence-electron chi connectivity index (χ0n) is 10.5. The maximum Gasteiger partial charge on any atom is 0.214 e. The molecule has 1 aromatic rings. The van der Waals surface area contributed by atoms with Gasteiger partial charge in [-0.15, -0.1) is 0 Å². The molecule has 0 saturated heterocycles. The van der Waals surface area contributed by atoms with E-state index in [-0.39, 0.29) is 30.8 Å². The van der Waals surface area contributed by atoms with Gasteiger partial charge in [0, 0.05) is 6.20 Å². The van der Waals surface area contributed by atoms with E-state index in [2.05, 4.69) is 9.71 Å². The summed E-state index contributed by atoms with van der Waals surface area (Å²) in [6.45, 7) is 3.79. The van der Waals surface area contributed by atoms with Gasteiger partial charge in [-0.1, -0.05) is 0 Å². The van der Waals surface area contributed by atoms with Gasteiger partial charge >= 0.3 is 0 Å². The smallest absolute Gasteiger partial charge is 0.214 e. The highest BCUT2D eigenvalue weighted by Gasteiger charge is 2.12. The predicted molar refractivity (Wildman–Crippen MR) is 67.6 cm³/mol. The molecule has 6 nitrogen and oxygen atoms in total. The first-order valence-electron chi connectivity index (χ1n) is 5.62. The molecule has 0 aliphatic rings. The topological polar surface area (TPSA) is 88.5 Å². The quantitative estimate of drug-likeness (QED) is 0.761. The zero-order valence-corrected chi connectivity index (χ0v) is 11.3. The van der Waals surface area contributed by atoms with Crippen molar-refractivity contribution in [3.63, 3.8) is 0 Å². The Labute approximate surface area is 107 Å². The number of hydrogen-bond donors (Lipinski definition) is 2. The minimum absolute atomic E-state index is 0.0000319. The Bertz CT molecular complexity index is 474. The molecular formula is C11H18N2O4S. The molecule has 1 rings (SSSR count). The van der Waals surface area contributed by atoms with Crippen LogP contribution in [0.1, 0.15) is 19.5 Å². The van der Waals surface area contributed by atoms with Gasteiger partial charge < -0.3 is 9.84 Å². The second-order valence-electron chi connectivity index (χ2n) is 4.03. The summed E-state index contributed by atoms with van der Waals surface area (Å²) in [6, 6.07) is 3.03. The number of nitrogens with one attached hydrogen (secondary N) is 1. The molecule has 0 saturated carbocycles. The van der Waals surface area contributed by atoms with E-state index in [1.165, 1.54) is 12.3 Å². The first kappa shape index (κ1) is 14.9. The number of rotatable bonds is 7. The van der Waals surface area contributed by atoms with Crippen LogP contribution in [0, 0.1) is 0 Å². The fourth-order valence-electron chi connectivity index (χ4n) is 1.21. The molecule has 0 fully saturated rings. The number of aromatic nitrogens is 1. The maximum atomic E-state index is 11.6. The van der Waals surface area contributed by atoms with Crippen molar-refractivity contribution < 1.29 is 18.3 Å². The highest BCUT2D eigenvalue weighted by Crippen LogP contribution is 2.12. The molecule has 0 bridgehead atoms. The molecule has 1 heterocycles. The summed E-state index contributed by atoms with van der Waals surface area (Å²) in [7, 11) is -3.42. The summed E-state index contributed by atoms with van der Waals surface area (Å²) in [4.78, 5) is 3.88. The van der Waals surface area contributed by atoms with Crippen molar-refractivity contribution in [3.05, 3.63) is 24.0 Å². The van der Waals surface area contributed by atoms with Gasteiger partial charge in [0.25, 0.3) is 0 Å². The van der Waals surface area contributed by atoms with Crippen molar-refractivity contribution >= 4 is 10.0 Å². The maximum absolute atomic E-state index is 11.6. The van der Waals surface area contributed by atoms with Crippen molar-refractivity contribution in [2.24, 2.45) is 0 Å². The Morgan fingerprint density at radius 2 is 2.22 bits per heavy atom. The Kier molecular flexibility index (Phi) is 5.52. The molecule has 0 radical (unpaired) electrons. The molecule has 0 aliphatic carbocycles. The van der Waals surface area contributed by atoms with Crippen LogP contribution < -0.4 is 4.72 Å². The average molecular weight is 274 g/mol. The van der Waals surface area contributed by atoms with Crippen molar-refractivity contribution in [1.29, 1.82) is 0 Å². The fourth-order valence-corrected chi connectivity index (χ4v) is 2.03. The SMILES string of the molecule is CC(C)OCCS(=O)(=O)NCc1ncccc1O. The van der Waals surface area contributed by atoms with Crippen LogP contribution in [0.5, 0.6) is 5.75 Å². The van der Waals surface area contributed by atoms with Crippen LogP contribution in [0.15, 0.2) is 18.3 Å². The summed E-state index contributed by atoms with van der Waals surface area (Å²) in [5, 5.41) is 9.43. The van der Waals surface area contributed by atoms with Crippen LogP contribution in [0.2, 0.25) is 0 Å². The number of sulfonamides is 1. The monoisotopic (exact) mass is 274 g/mol. The Balaban J connectivity index is 2.45. The molecule has 0 amide bonds. The third-order valence-electron chi connectivity index (χ3n) is 2.13. The van der Waals surface area contributed by atoms with Gasteiger partial charge in [-0.2, -0.15) is 0 Å². The molecule has 0 atom stereocenters. The number of aromatic hydroxyl groups is 1. The Hall–Kier alpha value is -1.18. The van der Waals surface area contributed by atoms with Gasteiger partial charge in [0.1, 0.15) is 5.75 Å². The van der Waals surface area contributed by atoms with Gasteiger partial charge in [0.2, 0.25) is 10.0 Å². The summed E-state index contributed by atoms with van der Waals surface area (Å²) < 4.78 is 30.7. The van der Waals surface area contributed by atoms with Crippen LogP contribution in [-0.4, -0.2) is 37.0 Å². The Morgan fingerprint density at radius 3 is 2.83 bits per heavy atom. The summed E-state index contributed by atoms with van der Waals surface area (Å²) >= 11 is 0. The summed E-state index contributed by atoms with van der Waals surface area (Å²) in [5.41, 5.74) is 0.297. The number of ether oxygens (including phenoxy) is 1. The second kappa shape index (κ2) is 6.67. The minimum atomic E-state index is -3.42. The number of nitrogens with zero attached hydrogens (tertiary/aromatic N) is 1. The lowest BCUT2D eigenvalue weighted by atomic mass is 10.3. The lowest BCUT2D eigenvalue weighted by Gasteiger charge is -2.09. The zero-order chi connectivity index (χ0) is 13.6. The van der Waals surface area contributed by atoms with Gasteiger partial charge in [-0.05, 0) is 26.0 Å². The molecule has 7 heteroatoms. The average Bonchev–Trinajstić information content (AvgIpc) is 2.27. The standard InChI is InChI=1S/C11H18N2O4S/c1-9(2)17-6-7-18(15,16)13-8-10-11(14)4-3-5-12-10/h3-5,9,13-14H,6-8H2,1-2H3. The summed E-state index contributed by atoms with van der Waals surface area (Å²) in [5.74, 6) is -0.141. The molecule has 0 spiro atoms. The normalized spacial score (nSPS) is 11.9. The number of pyridine rings is 1. The molecule has 18 heavy (non-hydrogen) atoms. The van der Waals surface area contributed by atoms with Crippen LogP contribution in [-0.2, 0) is 21.3 Å². The third kappa shape index (κ3) is 5.44. The summed E-state index contributed by atoms with van der Waals surface area (Å²) in [6.07, 6.45) is 1.49. The van der Waals surface area contributed by atoms with Crippen LogP contribution in [0.3, 0.4) is 0 Å². The van der Waals surface area contributed by atoms with Gasteiger partial charge in [0.15, 0.2) is 0 Å². The van der Waals surface area contributed by atoms with Crippen molar-refractivity contribution in [1.82, 2.24) is 9.71 Å². The van der Waals surface area contributed by atoms with Crippen molar-refractivity contribution in [3.8, 4) is 5.75 Å². The first-order valence-corrected chi connectivity index (χ1v) is 7.28. The molecule has 0 aliphatic heterocycles. The van der Waals surface area contributed by atoms with E-state index in [1.807, 2.05) is 13.8 Å². The van der Waals surface area contributed by atoms with E-state index in [1.54, 1.807) is 6.07 Å². The van der Waals surface area contributed by atoms with E-state index < -0.39 is 10.0 Å². The highest BCUT2D eigenvalue weighted by molar-refractivity contribution is 7.89. The van der Waals surface area contributed by atoms with Crippen molar-refractivity contribution in [2.75, 3.05) is 12.4 Å². The van der Waals surface area contributed by atoms with E-state index in [4.69, 9.17) is 4.74 Å². The highest BCUT2D eigenvalue weighted by atomic mass is 32.2. The molecule has 1 aromatic heterocycles. The largest absolute Gasteiger partial charge is 0.506 e. The van der Waals surface area contributed by atoms with E-state index >= 15 is 0 Å². The van der Waals surface area contributed by atoms with Gasteiger partial charge in [0.05, 0.1) is 30.7 Å². The van der Waals surface area contributed by atoms with Gasteiger partial charge in [-0.25, -0.2) is 13.1 Å². The van der Waals surface area contributed by atoms with E-state index in [0.29, 0.717) is 5.69 Å². The minimum Gasteiger partial charge on any atom is -0.506 e. The number of hydrogen-bond acceptors (Lipinski definition) is 5. The predicted octanol–water partition coefficient (Wildman–Crippen LogP) is 0.632. The Morgan fingerprint density at radius 1 is 1.50 bits per heavy atom. The van der Waals surface area contributed by atoms with Crippen LogP contribution in [0.25, 0.3) is 0 Å². The fraction of sp³-hybridized carbons (Fsp3) is 0.545. The second-order valence-corrected chi connectivity index (χ2v) is 5.96. The molecule has 0 unspecified atom stereocenters. The third-order valence-corrected chi connectivity index (χ3v) is 3.42. The van der Waals surface area contributed by atoms with Gasteiger partial charge in [-0.3, -0.25) is 4.98 Å². The van der Waals surface area contributed by atoms with E-state index in [0.717, 1.165) is 0 Å².